The fourth-order valence-corrected chi connectivity index (χ4v) is 4.57. The Hall–Kier alpha value is -2.58. The summed E-state index contributed by atoms with van der Waals surface area (Å²) in [6, 6.07) is 4.39. The molecule has 0 saturated carbocycles. The lowest BCUT2D eigenvalue weighted by Crippen LogP contribution is -2.18. The van der Waals surface area contributed by atoms with Crippen molar-refractivity contribution in [1.29, 1.82) is 0 Å². The number of nitrogens with one attached hydrogen (secondary N) is 4. The number of rotatable bonds is 6. The van der Waals surface area contributed by atoms with Crippen LogP contribution >= 0.6 is 0 Å². The van der Waals surface area contributed by atoms with Gasteiger partial charge in [0, 0.05) is 63.5 Å². The minimum atomic E-state index is 0.503. The summed E-state index contributed by atoms with van der Waals surface area (Å²) in [6.07, 6.45) is 1.95. The summed E-state index contributed by atoms with van der Waals surface area (Å²) >= 11 is 0. The number of fused-ring (bicyclic) bond motifs is 2. The van der Waals surface area contributed by atoms with Crippen molar-refractivity contribution in [3.63, 3.8) is 0 Å². The predicted molar refractivity (Wildman–Crippen MR) is 140 cm³/mol. The molecule has 0 amide bonds. The van der Waals surface area contributed by atoms with Crippen molar-refractivity contribution in [3.8, 4) is 11.8 Å². The molecule has 0 spiro atoms. The standard InChI is InChI=1S/2C13H21N3O/c2*1-4-15-12-7-10-9(2)8-14-6-5-11(10)16-13(12)17-3/h2*7,9,14-15H,4-6,8H2,1-3H3/t2*9-/m10/s1. The summed E-state index contributed by atoms with van der Waals surface area (Å²) in [7, 11) is 3.35. The van der Waals surface area contributed by atoms with E-state index in [0.717, 1.165) is 63.5 Å². The first-order valence-electron chi connectivity index (χ1n) is 12.6. The van der Waals surface area contributed by atoms with Gasteiger partial charge in [-0.25, -0.2) is 9.97 Å². The lowest BCUT2D eigenvalue weighted by Gasteiger charge is -2.16. The summed E-state index contributed by atoms with van der Waals surface area (Å²) in [5, 5.41) is 13.5. The SMILES string of the molecule is CCNc1cc2c(nc1OC)CCNC[C@@H]2C.CCNc1cc2c(nc1OC)CCNC[C@H]2C. The van der Waals surface area contributed by atoms with Crippen LogP contribution in [0.3, 0.4) is 0 Å². The number of hydrogen-bond acceptors (Lipinski definition) is 8. The number of nitrogens with zero attached hydrogens (tertiary/aromatic N) is 2. The third-order valence-electron chi connectivity index (χ3n) is 6.36. The van der Waals surface area contributed by atoms with E-state index in [1.807, 2.05) is 0 Å². The number of pyridine rings is 2. The minimum Gasteiger partial charge on any atom is -0.480 e. The third-order valence-corrected chi connectivity index (χ3v) is 6.36. The fourth-order valence-electron chi connectivity index (χ4n) is 4.57. The van der Waals surface area contributed by atoms with Gasteiger partial charge in [-0.2, -0.15) is 0 Å². The van der Waals surface area contributed by atoms with Gasteiger partial charge in [0.2, 0.25) is 11.8 Å². The smallest absolute Gasteiger partial charge is 0.237 e. The van der Waals surface area contributed by atoms with Crippen molar-refractivity contribution in [2.24, 2.45) is 0 Å². The molecule has 4 heterocycles. The first kappa shape index (κ1) is 26.0. The maximum Gasteiger partial charge on any atom is 0.237 e. The third kappa shape index (κ3) is 6.30. The normalized spacial score (nSPS) is 19.4. The average Bonchev–Trinajstić information content (AvgIpc) is 3.14. The molecule has 0 unspecified atom stereocenters. The molecule has 0 aromatic carbocycles. The van der Waals surface area contributed by atoms with Crippen LogP contribution < -0.4 is 30.7 Å². The van der Waals surface area contributed by atoms with Crippen LogP contribution in [-0.4, -0.2) is 63.5 Å². The summed E-state index contributed by atoms with van der Waals surface area (Å²) in [5.74, 6) is 2.42. The Balaban J connectivity index is 0.000000191. The van der Waals surface area contributed by atoms with Gasteiger partial charge in [-0.3, -0.25) is 0 Å². The molecule has 0 aliphatic carbocycles. The number of methoxy groups -OCH3 is 2. The van der Waals surface area contributed by atoms with Crippen molar-refractivity contribution in [2.75, 3.05) is 64.1 Å². The minimum absolute atomic E-state index is 0.503. The first-order valence-corrected chi connectivity index (χ1v) is 12.6. The van der Waals surface area contributed by atoms with Crippen LogP contribution in [0.5, 0.6) is 11.8 Å². The maximum absolute atomic E-state index is 5.35. The predicted octanol–water partition coefficient (Wildman–Crippen LogP) is 3.54. The van der Waals surface area contributed by atoms with Gasteiger partial charge in [0.25, 0.3) is 0 Å². The Morgan fingerprint density at radius 1 is 0.794 bits per heavy atom. The van der Waals surface area contributed by atoms with Crippen molar-refractivity contribution >= 4 is 11.4 Å². The Labute approximate surface area is 204 Å². The van der Waals surface area contributed by atoms with Crippen molar-refractivity contribution < 1.29 is 9.47 Å². The van der Waals surface area contributed by atoms with E-state index in [0.29, 0.717) is 23.6 Å². The highest BCUT2D eigenvalue weighted by Gasteiger charge is 2.20. The number of hydrogen-bond donors (Lipinski definition) is 4. The van der Waals surface area contributed by atoms with Crippen LogP contribution in [0.4, 0.5) is 11.4 Å². The van der Waals surface area contributed by atoms with Crippen LogP contribution in [0, 0.1) is 0 Å². The van der Waals surface area contributed by atoms with Crippen molar-refractivity contribution in [1.82, 2.24) is 20.6 Å². The lowest BCUT2D eigenvalue weighted by atomic mass is 9.99. The van der Waals surface area contributed by atoms with Crippen LogP contribution in [0.1, 0.15) is 62.0 Å². The Morgan fingerprint density at radius 3 is 1.56 bits per heavy atom. The maximum atomic E-state index is 5.35. The number of aromatic nitrogens is 2. The summed E-state index contributed by atoms with van der Waals surface area (Å²) in [5.41, 5.74) is 7.02. The largest absolute Gasteiger partial charge is 0.480 e. The van der Waals surface area contributed by atoms with E-state index >= 15 is 0 Å². The molecule has 2 aromatic heterocycles. The van der Waals surface area contributed by atoms with Gasteiger partial charge in [-0.05, 0) is 48.9 Å². The Morgan fingerprint density at radius 2 is 1.21 bits per heavy atom. The van der Waals surface area contributed by atoms with E-state index in [2.05, 4.69) is 71.1 Å². The summed E-state index contributed by atoms with van der Waals surface area (Å²) < 4.78 is 10.7. The lowest BCUT2D eigenvalue weighted by molar-refractivity contribution is 0.397. The molecule has 0 fully saturated rings. The topological polar surface area (TPSA) is 92.4 Å². The molecule has 2 atom stereocenters. The van der Waals surface area contributed by atoms with Crippen LogP contribution in [0.15, 0.2) is 12.1 Å². The van der Waals surface area contributed by atoms with Gasteiger partial charge in [0.1, 0.15) is 0 Å². The van der Waals surface area contributed by atoms with Gasteiger partial charge in [0.15, 0.2) is 0 Å². The average molecular weight is 471 g/mol. The molecule has 34 heavy (non-hydrogen) atoms. The van der Waals surface area contributed by atoms with E-state index in [-0.39, 0.29) is 0 Å². The van der Waals surface area contributed by atoms with E-state index in [4.69, 9.17) is 9.47 Å². The van der Waals surface area contributed by atoms with E-state index in [1.54, 1.807) is 14.2 Å². The van der Waals surface area contributed by atoms with Gasteiger partial charge in [-0.15, -0.1) is 0 Å². The van der Waals surface area contributed by atoms with Gasteiger partial charge < -0.3 is 30.7 Å². The number of ether oxygens (including phenoxy) is 2. The van der Waals surface area contributed by atoms with Gasteiger partial charge in [-0.1, -0.05) is 13.8 Å². The van der Waals surface area contributed by atoms with Crippen LogP contribution in [0.2, 0.25) is 0 Å². The summed E-state index contributed by atoms with van der Waals surface area (Å²) in [6.45, 7) is 14.4. The zero-order valence-corrected chi connectivity index (χ0v) is 21.7. The second-order valence-electron chi connectivity index (χ2n) is 8.93. The molecule has 8 nitrogen and oxygen atoms in total. The molecule has 4 N–H and O–H groups in total. The van der Waals surface area contributed by atoms with Crippen molar-refractivity contribution in [3.05, 3.63) is 34.6 Å². The quantitative estimate of drug-likeness (QED) is 0.510. The van der Waals surface area contributed by atoms with Crippen LogP contribution in [-0.2, 0) is 12.8 Å². The molecule has 0 bridgehead atoms. The zero-order chi connectivity index (χ0) is 24.5. The van der Waals surface area contributed by atoms with E-state index < -0.39 is 0 Å². The fraction of sp³-hybridized carbons (Fsp3) is 0.615. The molecule has 2 aliphatic rings. The van der Waals surface area contributed by atoms with Crippen LogP contribution in [0.25, 0.3) is 0 Å². The molecule has 4 rings (SSSR count). The summed E-state index contributed by atoms with van der Waals surface area (Å²) in [4.78, 5) is 9.27. The molecule has 0 saturated heterocycles. The highest BCUT2D eigenvalue weighted by Crippen LogP contribution is 2.31. The molecule has 2 aromatic rings. The molecule has 2 aliphatic heterocycles. The highest BCUT2D eigenvalue weighted by molar-refractivity contribution is 5.57. The van der Waals surface area contributed by atoms with E-state index in [9.17, 15) is 0 Å². The van der Waals surface area contributed by atoms with Crippen molar-refractivity contribution in [2.45, 2.75) is 52.4 Å². The zero-order valence-electron chi connectivity index (χ0n) is 21.7. The number of anilines is 2. The first-order chi connectivity index (χ1) is 16.5. The second kappa shape index (κ2) is 12.8. The molecule has 0 radical (unpaired) electrons. The molecule has 8 heteroatoms. The Bertz CT molecular complexity index is 860. The monoisotopic (exact) mass is 470 g/mol. The van der Waals surface area contributed by atoms with Gasteiger partial charge >= 0.3 is 0 Å². The highest BCUT2D eigenvalue weighted by atomic mass is 16.5. The molecular weight excluding hydrogens is 428 g/mol. The Kier molecular flexibility index (Phi) is 9.77. The molecular formula is C26H42N6O2. The molecule has 188 valence electrons. The second-order valence-corrected chi connectivity index (χ2v) is 8.93. The van der Waals surface area contributed by atoms with Gasteiger partial charge in [0.05, 0.1) is 25.6 Å². The van der Waals surface area contributed by atoms with E-state index in [1.165, 1.54) is 22.5 Å².